The molecule has 2 aliphatic rings. The molecule has 0 amide bonds. The molecule has 1 aromatic heterocycles. The third-order valence-electron chi connectivity index (χ3n) is 9.12. The van der Waals surface area contributed by atoms with E-state index in [1.165, 1.54) is 12.1 Å². The Morgan fingerprint density at radius 3 is 2.31 bits per heavy atom. The van der Waals surface area contributed by atoms with Crippen LogP contribution in [0.15, 0.2) is 48.5 Å². The molecule has 2 aromatic carbocycles. The second kappa shape index (κ2) is 12.6. The Hall–Kier alpha value is -2.09. The summed E-state index contributed by atoms with van der Waals surface area (Å²) in [5.74, 6) is 2.92. The summed E-state index contributed by atoms with van der Waals surface area (Å²) in [6.45, 7) is 13.2. The summed E-state index contributed by atoms with van der Waals surface area (Å²) in [5.41, 5.74) is 4.60. The lowest BCUT2D eigenvalue weighted by Crippen LogP contribution is -3.00. The van der Waals surface area contributed by atoms with Crippen LogP contribution in [0.1, 0.15) is 72.8 Å². The van der Waals surface area contributed by atoms with Crippen LogP contribution >= 0.6 is 0 Å². The quantitative estimate of drug-likeness (QED) is 0.202. The summed E-state index contributed by atoms with van der Waals surface area (Å²) in [6, 6.07) is 17.0. The first kappa shape index (κ1) is 29.9. The van der Waals surface area contributed by atoms with Crippen molar-refractivity contribution in [3.05, 3.63) is 48.5 Å². The molecule has 0 bridgehead atoms. The Kier molecular flexibility index (Phi) is 9.66. The Labute approximate surface area is 251 Å². The van der Waals surface area contributed by atoms with Crippen LogP contribution in [0, 0.1) is 23.7 Å². The SMILES string of the molecule is CCN(CC)c1ccc(-c2n([C@@H](C(=O)OC3C[C@H](C)CC[C@H]3C(C)C)C3CC3)c3ccccc3[n+]2C)cc1.[I-]. The lowest BCUT2D eigenvalue weighted by molar-refractivity contribution is -0.634. The van der Waals surface area contributed by atoms with E-state index in [9.17, 15) is 4.79 Å². The zero-order chi connectivity index (χ0) is 27.0. The van der Waals surface area contributed by atoms with E-state index in [1.54, 1.807) is 0 Å². The van der Waals surface area contributed by atoms with Crippen LogP contribution in [-0.2, 0) is 16.6 Å². The number of carbonyl (C=O) groups excluding carboxylic acids is 1. The molecule has 2 aliphatic carbocycles. The summed E-state index contributed by atoms with van der Waals surface area (Å²) < 4.78 is 11.1. The van der Waals surface area contributed by atoms with Crippen molar-refractivity contribution in [2.24, 2.45) is 30.7 Å². The molecule has 2 saturated carbocycles. The van der Waals surface area contributed by atoms with Crippen molar-refractivity contribution in [3.8, 4) is 11.4 Å². The molecule has 212 valence electrons. The van der Waals surface area contributed by atoms with Crippen LogP contribution in [0.5, 0.6) is 0 Å². The Balaban J connectivity index is 0.00000353. The highest BCUT2D eigenvalue weighted by atomic mass is 127. The number of aromatic nitrogens is 2. The van der Waals surface area contributed by atoms with Gasteiger partial charge in [0.25, 0.3) is 5.82 Å². The van der Waals surface area contributed by atoms with Crippen molar-refractivity contribution < 1.29 is 38.1 Å². The lowest BCUT2D eigenvalue weighted by Gasteiger charge is -2.37. The maximum Gasteiger partial charge on any atom is 0.352 e. The molecule has 5 rings (SSSR count). The van der Waals surface area contributed by atoms with Crippen LogP contribution in [0.25, 0.3) is 22.4 Å². The number of halogens is 1. The van der Waals surface area contributed by atoms with Gasteiger partial charge in [0.1, 0.15) is 6.10 Å². The average molecular weight is 644 g/mol. The molecular formula is C33H46IN3O2. The molecular weight excluding hydrogens is 597 g/mol. The van der Waals surface area contributed by atoms with Gasteiger partial charge in [-0.2, -0.15) is 0 Å². The normalized spacial score (nSPS) is 22.0. The van der Waals surface area contributed by atoms with E-state index in [0.29, 0.717) is 23.7 Å². The molecule has 0 aliphatic heterocycles. The fourth-order valence-corrected chi connectivity index (χ4v) is 6.76. The van der Waals surface area contributed by atoms with Gasteiger partial charge in [0.15, 0.2) is 11.0 Å². The van der Waals surface area contributed by atoms with Gasteiger partial charge in [0, 0.05) is 24.7 Å². The molecule has 4 atom stereocenters. The van der Waals surface area contributed by atoms with E-state index >= 15 is 0 Å². The number of hydrogen-bond donors (Lipinski definition) is 0. The van der Waals surface area contributed by atoms with Crippen LogP contribution in [0.4, 0.5) is 5.69 Å². The number of rotatable bonds is 9. The topological polar surface area (TPSA) is 38.4 Å². The van der Waals surface area contributed by atoms with E-state index in [2.05, 4.69) is 104 Å². The number of benzene rings is 2. The number of carbonyl (C=O) groups is 1. The minimum absolute atomic E-state index is 0. The largest absolute Gasteiger partial charge is 1.00 e. The second-order valence-electron chi connectivity index (χ2n) is 12.0. The Morgan fingerprint density at radius 1 is 1.03 bits per heavy atom. The zero-order valence-electron chi connectivity index (χ0n) is 24.6. The van der Waals surface area contributed by atoms with Crippen LogP contribution < -0.4 is 33.4 Å². The minimum Gasteiger partial charge on any atom is -1.00 e. The smallest absolute Gasteiger partial charge is 0.352 e. The second-order valence-corrected chi connectivity index (χ2v) is 12.0. The third-order valence-corrected chi connectivity index (χ3v) is 9.12. The van der Waals surface area contributed by atoms with Gasteiger partial charge < -0.3 is 33.6 Å². The number of aryl methyl sites for hydroxylation is 1. The first-order chi connectivity index (χ1) is 18.3. The molecule has 2 fully saturated rings. The summed E-state index contributed by atoms with van der Waals surface area (Å²) >= 11 is 0. The summed E-state index contributed by atoms with van der Waals surface area (Å²) in [5, 5.41) is 0. The molecule has 1 heterocycles. The van der Waals surface area contributed by atoms with Crippen molar-refractivity contribution in [2.45, 2.75) is 78.9 Å². The molecule has 5 nitrogen and oxygen atoms in total. The Morgan fingerprint density at radius 2 is 1.69 bits per heavy atom. The number of fused-ring (bicyclic) bond motifs is 1. The predicted molar refractivity (Wildman–Crippen MR) is 155 cm³/mol. The van der Waals surface area contributed by atoms with Gasteiger partial charge in [-0.3, -0.25) is 0 Å². The summed E-state index contributed by atoms with van der Waals surface area (Å²) in [7, 11) is 2.12. The number of para-hydroxylation sites is 2. The van der Waals surface area contributed by atoms with Gasteiger partial charge in [-0.25, -0.2) is 13.9 Å². The van der Waals surface area contributed by atoms with E-state index in [1.807, 2.05) is 0 Å². The highest BCUT2D eigenvalue weighted by Crippen LogP contribution is 2.45. The Bertz CT molecular complexity index is 1260. The van der Waals surface area contributed by atoms with E-state index < -0.39 is 0 Å². The maximum atomic E-state index is 14.2. The molecule has 0 radical (unpaired) electrons. The fraction of sp³-hybridized carbons (Fsp3) is 0.576. The lowest BCUT2D eigenvalue weighted by atomic mass is 9.75. The number of anilines is 1. The number of nitrogens with zero attached hydrogens (tertiary/aromatic N) is 3. The number of ether oxygens (including phenoxy) is 1. The van der Waals surface area contributed by atoms with E-state index in [4.69, 9.17) is 4.74 Å². The first-order valence-corrected chi connectivity index (χ1v) is 14.9. The van der Waals surface area contributed by atoms with E-state index in [-0.39, 0.29) is 42.1 Å². The monoisotopic (exact) mass is 643 g/mol. The van der Waals surface area contributed by atoms with Crippen molar-refractivity contribution in [1.29, 1.82) is 0 Å². The van der Waals surface area contributed by atoms with Crippen molar-refractivity contribution in [1.82, 2.24) is 4.57 Å². The highest BCUT2D eigenvalue weighted by molar-refractivity contribution is 5.83. The summed E-state index contributed by atoms with van der Waals surface area (Å²) in [4.78, 5) is 16.5. The molecule has 0 N–H and O–H groups in total. The van der Waals surface area contributed by atoms with Crippen LogP contribution in [0.2, 0.25) is 0 Å². The molecule has 0 saturated heterocycles. The molecule has 1 unspecified atom stereocenters. The molecule has 3 aromatic rings. The number of hydrogen-bond acceptors (Lipinski definition) is 3. The summed E-state index contributed by atoms with van der Waals surface area (Å²) in [6.07, 6.45) is 5.52. The molecule has 0 spiro atoms. The van der Waals surface area contributed by atoms with Gasteiger partial charge in [-0.05, 0) is 93.7 Å². The van der Waals surface area contributed by atoms with Crippen molar-refractivity contribution >= 4 is 22.7 Å². The van der Waals surface area contributed by atoms with Gasteiger partial charge in [-0.1, -0.05) is 39.3 Å². The van der Waals surface area contributed by atoms with Crippen molar-refractivity contribution in [2.75, 3.05) is 18.0 Å². The predicted octanol–water partition coefficient (Wildman–Crippen LogP) is 3.94. The average Bonchev–Trinajstić information content (AvgIpc) is 3.70. The maximum absolute atomic E-state index is 14.2. The standard InChI is InChI=1S/C33H46N3O2.HI/c1-7-35(8-2)26-18-16-25(17-19-26)32-34(6)28-11-9-10-12-29(28)36(32)31(24-14-15-24)33(37)38-30-21-23(5)13-20-27(30)22(3)4;/h9-12,16-19,22-24,27,30-31H,7-8,13-15,20-21H2,1-6H3;1H/q+1;/p-1/t23-,27+,30?,31-;/m1./s1. The first-order valence-electron chi connectivity index (χ1n) is 14.9. The van der Waals surface area contributed by atoms with Crippen LogP contribution in [0.3, 0.4) is 0 Å². The molecule has 6 heteroatoms. The van der Waals surface area contributed by atoms with Gasteiger partial charge in [-0.15, -0.1) is 0 Å². The zero-order valence-corrected chi connectivity index (χ0v) is 26.7. The third kappa shape index (κ3) is 6.01. The van der Waals surface area contributed by atoms with Crippen molar-refractivity contribution in [3.63, 3.8) is 0 Å². The van der Waals surface area contributed by atoms with Crippen LogP contribution in [-0.4, -0.2) is 29.7 Å². The number of esters is 1. The number of imidazole rings is 1. The van der Waals surface area contributed by atoms with E-state index in [0.717, 1.165) is 61.2 Å². The molecule has 39 heavy (non-hydrogen) atoms. The van der Waals surface area contributed by atoms with Gasteiger partial charge >= 0.3 is 5.97 Å². The van der Waals surface area contributed by atoms with Gasteiger partial charge in [0.05, 0.1) is 12.6 Å². The fourth-order valence-electron chi connectivity index (χ4n) is 6.76. The highest BCUT2D eigenvalue weighted by Gasteiger charge is 2.47. The minimum atomic E-state index is -0.302. The van der Waals surface area contributed by atoms with Gasteiger partial charge in [0.2, 0.25) is 6.04 Å².